The van der Waals surface area contributed by atoms with Gasteiger partial charge in [-0.1, -0.05) is 13.3 Å². The molecule has 0 spiro atoms. The van der Waals surface area contributed by atoms with Gasteiger partial charge in [0.05, 0.1) is 23.9 Å². The van der Waals surface area contributed by atoms with E-state index in [0.29, 0.717) is 13.2 Å². The summed E-state index contributed by atoms with van der Waals surface area (Å²) >= 11 is 1.78. The highest BCUT2D eigenvalue weighted by atomic mass is 32.1. The molecule has 1 heterocycles. The van der Waals surface area contributed by atoms with Crippen LogP contribution in [0.15, 0.2) is 4.99 Å². The number of thiazole rings is 1. The van der Waals surface area contributed by atoms with Gasteiger partial charge in [0.2, 0.25) is 0 Å². The highest BCUT2D eigenvalue weighted by Crippen LogP contribution is 2.16. The minimum Gasteiger partial charge on any atom is -0.380 e. The second kappa shape index (κ2) is 11.4. The van der Waals surface area contributed by atoms with Gasteiger partial charge in [-0.3, -0.25) is 4.99 Å². The molecule has 22 heavy (non-hydrogen) atoms. The molecule has 5 nitrogen and oxygen atoms in total. The van der Waals surface area contributed by atoms with Crippen LogP contribution in [0.5, 0.6) is 0 Å². The second-order valence-electron chi connectivity index (χ2n) is 5.15. The first-order valence-corrected chi connectivity index (χ1v) is 9.01. The number of aliphatic imine (C=N–C) groups is 1. The monoisotopic (exact) mass is 326 g/mol. The Balaban J connectivity index is 2.27. The SMILES string of the molecule is CCCCOCCN=C(NCC)NCCc1nc(C)c(C)s1. The van der Waals surface area contributed by atoms with Crippen molar-refractivity contribution < 1.29 is 4.74 Å². The van der Waals surface area contributed by atoms with Crippen LogP contribution >= 0.6 is 11.3 Å². The number of hydrogen-bond acceptors (Lipinski definition) is 4. The number of unbranched alkanes of at least 4 members (excludes halogenated alkanes) is 1. The van der Waals surface area contributed by atoms with Gasteiger partial charge in [0.25, 0.3) is 0 Å². The lowest BCUT2D eigenvalue weighted by molar-refractivity contribution is 0.139. The van der Waals surface area contributed by atoms with Crippen LogP contribution in [0.25, 0.3) is 0 Å². The summed E-state index contributed by atoms with van der Waals surface area (Å²) in [6, 6.07) is 0. The summed E-state index contributed by atoms with van der Waals surface area (Å²) in [5, 5.41) is 7.79. The van der Waals surface area contributed by atoms with Crippen LogP contribution < -0.4 is 10.6 Å². The van der Waals surface area contributed by atoms with Gasteiger partial charge in [0, 0.05) is 31.0 Å². The molecule has 0 aromatic carbocycles. The molecule has 6 heteroatoms. The van der Waals surface area contributed by atoms with Gasteiger partial charge in [-0.25, -0.2) is 4.98 Å². The highest BCUT2D eigenvalue weighted by Gasteiger charge is 2.04. The van der Waals surface area contributed by atoms with E-state index in [1.54, 1.807) is 11.3 Å². The largest absolute Gasteiger partial charge is 0.380 e. The van der Waals surface area contributed by atoms with Gasteiger partial charge < -0.3 is 15.4 Å². The first kappa shape index (κ1) is 18.9. The quantitative estimate of drug-likeness (QED) is 0.394. The number of hydrogen-bond donors (Lipinski definition) is 2. The zero-order valence-corrected chi connectivity index (χ0v) is 15.2. The van der Waals surface area contributed by atoms with Crippen molar-refractivity contribution >= 4 is 17.3 Å². The third-order valence-electron chi connectivity index (χ3n) is 3.20. The molecule has 126 valence electrons. The molecular weight excluding hydrogens is 296 g/mol. The van der Waals surface area contributed by atoms with E-state index < -0.39 is 0 Å². The maximum absolute atomic E-state index is 5.52. The zero-order valence-electron chi connectivity index (χ0n) is 14.4. The average Bonchev–Trinajstić information content (AvgIpc) is 2.81. The Kier molecular flexibility index (Phi) is 9.82. The maximum Gasteiger partial charge on any atom is 0.191 e. The van der Waals surface area contributed by atoms with E-state index in [4.69, 9.17) is 4.74 Å². The molecule has 1 rings (SSSR count). The smallest absolute Gasteiger partial charge is 0.191 e. The second-order valence-corrected chi connectivity index (χ2v) is 6.44. The minimum absolute atomic E-state index is 0.682. The van der Waals surface area contributed by atoms with Gasteiger partial charge in [-0.2, -0.15) is 0 Å². The summed E-state index contributed by atoms with van der Waals surface area (Å²) in [6.07, 6.45) is 3.22. The molecule has 1 aromatic rings. The van der Waals surface area contributed by atoms with E-state index >= 15 is 0 Å². The lowest BCUT2D eigenvalue weighted by Gasteiger charge is -2.10. The predicted octanol–water partition coefficient (Wildman–Crippen LogP) is 2.67. The van der Waals surface area contributed by atoms with E-state index in [0.717, 1.165) is 44.2 Å². The fourth-order valence-electron chi connectivity index (χ4n) is 1.85. The Labute approximate surface area is 138 Å². The predicted molar refractivity (Wildman–Crippen MR) is 95.0 cm³/mol. The first-order valence-electron chi connectivity index (χ1n) is 8.20. The molecule has 2 N–H and O–H groups in total. The van der Waals surface area contributed by atoms with Crippen molar-refractivity contribution in [1.82, 2.24) is 15.6 Å². The van der Waals surface area contributed by atoms with Gasteiger partial charge in [-0.15, -0.1) is 11.3 Å². The molecule has 0 radical (unpaired) electrons. The number of ether oxygens (including phenoxy) is 1. The van der Waals surface area contributed by atoms with Crippen molar-refractivity contribution in [1.29, 1.82) is 0 Å². The molecule has 0 aliphatic carbocycles. The standard InChI is InChI=1S/C16H30N4OS/c1-5-7-11-21-12-10-19-16(17-6-2)18-9-8-15-20-13(3)14(4)22-15/h5-12H2,1-4H3,(H2,17,18,19). The van der Waals surface area contributed by atoms with Crippen LogP contribution in [0.4, 0.5) is 0 Å². The fraction of sp³-hybridized carbons (Fsp3) is 0.750. The normalized spacial score (nSPS) is 11.7. The molecule has 0 saturated carbocycles. The lowest BCUT2D eigenvalue weighted by atomic mass is 10.4. The van der Waals surface area contributed by atoms with Crippen molar-refractivity contribution in [2.24, 2.45) is 4.99 Å². The molecule has 0 unspecified atom stereocenters. The molecule has 0 saturated heterocycles. The molecule has 0 aliphatic rings. The summed E-state index contributed by atoms with van der Waals surface area (Å²) in [5.41, 5.74) is 1.14. The molecule has 0 aliphatic heterocycles. The topological polar surface area (TPSA) is 58.5 Å². The number of aryl methyl sites for hydroxylation is 2. The van der Waals surface area contributed by atoms with E-state index in [1.165, 1.54) is 16.3 Å². The van der Waals surface area contributed by atoms with Crippen LogP contribution in [-0.4, -0.2) is 43.8 Å². The third kappa shape index (κ3) is 7.75. The Morgan fingerprint density at radius 2 is 2.05 bits per heavy atom. The number of rotatable bonds is 10. The minimum atomic E-state index is 0.682. The molecule has 1 aromatic heterocycles. The Morgan fingerprint density at radius 1 is 1.23 bits per heavy atom. The van der Waals surface area contributed by atoms with Crippen LogP contribution in [0.2, 0.25) is 0 Å². The van der Waals surface area contributed by atoms with Gasteiger partial charge in [-0.05, 0) is 27.2 Å². The molecule has 0 amide bonds. The summed E-state index contributed by atoms with van der Waals surface area (Å²) in [6.45, 7) is 12.3. The van der Waals surface area contributed by atoms with Crippen molar-refractivity contribution in [2.45, 2.75) is 47.0 Å². The van der Waals surface area contributed by atoms with E-state index in [1.807, 2.05) is 0 Å². The number of nitrogens with zero attached hydrogens (tertiary/aromatic N) is 2. The summed E-state index contributed by atoms with van der Waals surface area (Å²) in [5.74, 6) is 0.853. The highest BCUT2D eigenvalue weighted by molar-refractivity contribution is 7.11. The van der Waals surface area contributed by atoms with Crippen LogP contribution in [0, 0.1) is 13.8 Å². The number of nitrogens with one attached hydrogen (secondary N) is 2. The van der Waals surface area contributed by atoms with Crippen LogP contribution in [0.3, 0.4) is 0 Å². The van der Waals surface area contributed by atoms with Crippen LogP contribution in [0.1, 0.15) is 42.3 Å². The van der Waals surface area contributed by atoms with Crippen molar-refractivity contribution in [3.05, 3.63) is 15.6 Å². The Hall–Kier alpha value is -1.14. The van der Waals surface area contributed by atoms with E-state index in [9.17, 15) is 0 Å². The number of aromatic nitrogens is 1. The van der Waals surface area contributed by atoms with Crippen molar-refractivity contribution in [3.63, 3.8) is 0 Å². The van der Waals surface area contributed by atoms with E-state index in [-0.39, 0.29) is 0 Å². The molecule has 0 atom stereocenters. The van der Waals surface area contributed by atoms with Crippen LogP contribution in [-0.2, 0) is 11.2 Å². The Morgan fingerprint density at radius 3 is 2.68 bits per heavy atom. The zero-order chi connectivity index (χ0) is 16.2. The fourth-order valence-corrected chi connectivity index (χ4v) is 2.78. The number of guanidine groups is 1. The molecule has 0 bridgehead atoms. The lowest BCUT2D eigenvalue weighted by Crippen LogP contribution is -2.38. The first-order chi connectivity index (χ1) is 10.7. The molecular formula is C16H30N4OS. The summed E-state index contributed by atoms with van der Waals surface area (Å²) in [7, 11) is 0. The summed E-state index contributed by atoms with van der Waals surface area (Å²) in [4.78, 5) is 10.4. The average molecular weight is 327 g/mol. The van der Waals surface area contributed by atoms with Gasteiger partial charge >= 0.3 is 0 Å². The summed E-state index contributed by atoms with van der Waals surface area (Å²) < 4.78 is 5.52. The van der Waals surface area contributed by atoms with Gasteiger partial charge in [0.15, 0.2) is 5.96 Å². The van der Waals surface area contributed by atoms with E-state index in [2.05, 4.69) is 48.3 Å². The van der Waals surface area contributed by atoms with Crippen molar-refractivity contribution in [3.8, 4) is 0 Å². The maximum atomic E-state index is 5.52. The molecule has 0 fully saturated rings. The van der Waals surface area contributed by atoms with Crippen molar-refractivity contribution in [2.75, 3.05) is 32.8 Å². The van der Waals surface area contributed by atoms with Gasteiger partial charge in [0.1, 0.15) is 0 Å². The third-order valence-corrected chi connectivity index (χ3v) is 4.33. The Bertz CT molecular complexity index is 426.